The number of carbonyl (C=O) groups is 3. The molecule has 0 saturated heterocycles. The second-order valence-electron chi connectivity index (χ2n) is 6.03. The number of hydrogen-bond donors (Lipinski definition) is 1. The Balaban J connectivity index is 3.80. The summed E-state index contributed by atoms with van der Waals surface area (Å²) in [7, 11) is -5.24. The Labute approximate surface area is 178 Å². The molecule has 15 heteroatoms. The number of methoxy groups -OCH3 is 3. The molecular weight excluding hydrogens is 462 g/mol. The smallest absolute Gasteiger partial charge is 0.343 e. The minimum Gasteiger partial charge on any atom is -0.490 e. The van der Waals surface area contributed by atoms with E-state index in [2.05, 4.69) is 9.47 Å². The fraction of sp³-hybridized carbons (Fsp3) is 0.438. The zero-order chi connectivity index (χ0) is 24.0. The highest BCUT2D eigenvalue weighted by Crippen LogP contribution is 2.40. The van der Waals surface area contributed by atoms with Crippen LogP contribution >= 0.6 is 0 Å². The van der Waals surface area contributed by atoms with E-state index in [0.717, 1.165) is 46.0 Å². The maximum atomic E-state index is 12.4. The lowest BCUT2D eigenvalue weighted by molar-refractivity contribution is -0.164. The zero-order valence-electron chi connectivity index (χ0n) is 17.2. The van der Waals surface area contributed by atoms with Crippen LogP contribution in [0, 0.1) is 0 Å². The first-order valence-corrected chi connectivity index (χ1v) is 11.7. The Morgan fingerprint density at radius 1 is 0.935 bits per heavy atom. The predicted molar refractivity (Wildman–Crippen MR) is 104 cm³/mol. The number of hydrogen-bond acceptors (Lipinski definition) is 12. The van der Waals surface area contributed by atoms with Crippen molar-refractivity contribution < 1.29 is 53.8 Å². The average Bonchev–Trinajstić information content (AvgIpc) is 2.63. The molecule has 0 aliphatic heterocycles. The molecular formula is C16H21NO12S2. The number of rotatable bonds is 11. The molecule has 0 atom stereocenters. The van der Waals surface area contributed by atoms with Gasteiger partial charge in [0.1, 0.15) is 0 Å². The van der Waals surface area contributed by atoms with E-state index >= 15 is 0 Å². The lowest BCUT2D eigenvalue weighted by Crippen LogP contribution is -2.60. The lowest BCUT2D eigenvalue weighted by atomic mass is 9.90. The average molecular weight is 483 g/mol. The number of esters is 2. The molecule has 1 N–H and O–H groups in total. The van der Waals surface area contributed by atoms with Gasteiger partial charge in [0.25, 0.3) is 0 Å². The van der Waals surface area contributed by atoms with Crippen LogP contribution in [0.4, 0.5) is 0 Å². The quantitative estimate of drug-likeness (QED) is 0.171. The van der Waals surface area contributed by atoms with Crippen LogP contribution in [0.2, 0.25) is 0 Å². The van der Waals surface area contributed by atoms with Gasteiger partial charge in [-0.15, -0.1) is 0 Å². The van der Waals surface area contributed by atoms with Crippen molar-refractivity contribution in [1.82, 2.24) is 5.32 Å². The van der Waals surface area contributed by atoms with Gasteiger partial charge in [0.05, 0.1) is 33.8 Å². The van der Waals surface area contributed by atoms with Crippen molar-refractivity contribution in [3.63, 3.8) is 0 Å². The fourth-order valence-electron chi connectivity index (χ4n) is 2.54. The van der Waals surface area contributed by atoms with E-state index in [1.165, 1.54) is 0 Å². The topological polar surface area (TPSA) is 178 Å². The molecule has 31 heavy (non-hydrogen) atoms. The van der Waals surface area contributed by atoms with E-state index in [1.54, 1.807) is 0 Å². The summed E-state index contributed by atoms with van der Waals surface area (Å²) in [5.74, 6) is -3.83. The van der Waals surface area contributed by atoms with Crippen LogP contribution in [0.3, 0.4) is 0 Å². The molecule has 1 aromatic carbocycles. The summed E-state index contributed by atoms with van der Waals surface area (Å²) in [4.78, 5) is 35.8. The van der Waals surface area contributed by atoms with E-state index in [9.17, 15) is 31.2 Å². The van der Waals surface area contributed by atoms with Gasteiger partial charge in [0.2, 0.25) is 17.7 Å². The first-order chi connectivity index (χ1) is 14.2. The van der Waals surface area contributed by atoms with Gasteiger partial charge >= 0.3 is 32.2 Å². The molecule has 1 aromatic rings. The number of benzene rings is 1. The molecule has 1 amide bonds. The van der Waals surface area contributed by atoms with Gasteiger partial charge in [-0.1, -0.05) is 0 Å². The summed E-state index contributed by atoms with van der Waals surface area (Å²) in [6.07, 6.45) is 0.837. The number of nitrogens with one attached hydrogen (secondary N) is 1. The van der Waals surface area contributed by atoms with Crippen molar-refractivity contribution in [2.24, 2.45) is 0 Å². The SMILES string of the molecule is COC(=O)C(Cc1cc(OS(C)(=O)=O)c(OC)c(OS(C)(=O)=O)c1)(NC=O)C(=O)OC. The third-order valence-corrected chi connectivity index (χ3v) is 4.57. The molecule has 0 bridgehead atoms. The summed E-state index contributed by atoms with van der Waals surface area (Å²) in [5, 5.41) is 2.03. The molecule has 13 nitrogen and oxygen atoms in total. The van der Waals surface area contributed by atoms with Crippen molar-refractivity contribution in [2.75, 3.05) is 33.8 Å². The van der Waals surface area contributed by atoms with Crippen LogP contribution in [-0.4, -0.2) is 74.6 Å². The molecule has 0 aliphatic rings. The molecule has 0 aliphatic carbocycles. The first kappa shape index (κ1) is 26.0. The van der Waals surface area contributed by atoms with Gasteiger partial charge in [0.15, 0.2) is 11.5 Å². The second-order valence-corrected chi connectivity index (χ2v) is 9.18. The van der Waals surface area contributed by atoms with Crippen molar-refractivity contribution in [3.8, 4) is 17.2 Å². The summed E-state index contributed by atoms with van der Waals surface area (Å²) >= 11 is 0. The maximum absolute atomic E-state index is 12.4. The first-order valence-electron chi connectivity index (χ1n) is 8.11. The van der Waals surface area contributed by atoms with Gasteiger partial charge < -0.3 is 27.9 Å². The highest BCUT2D eigenvalue weighted by Gasteiger charge is 2.49. The molecule has 0 radical (unpaired) electrons. The largest absolute Gasteiger partial charge is 0.490 e. The third kappa shape index (κ3) is 6.71. The van der Waals surface area contributed by atoms with Crippen LogP contribution < -0.4 is 18.4 Å². The summed E-state index contributed by atoms with van der Waals surface area (Å²) in [5.41, 5.74) is -2.46. The molecule has 1 rings (SSSR count). The van der Waals surface area contributed by atoms with Crippen LogP contribution in [0.1, 0.15) is 5.56 Å². The Bertz CT molecular complexity index is 991. The van der Waals surface area contributed by atoms with Crippen molar-refractivity contribution in [3.05, 3.63) is 17.7 Å². The molecule has 174 valence electrons. The predicted octanol–water partition coefficient (Wildman–Crippen LogP) is -1.25. The molecule has 0 aromatic heterocycles. The molecule has 0 unspecified atom stereocenters. The molecule has 0 saturated carbocycles. The van der Waals surface area contributed by atoms with Crippen molar-refractivity contribution in [1.29, 1.82) is 0 Å². The van der Waals surface area contributed by atoms with E-state index < -0.39 is 61.4 Å². The summed E-state index contributed by atoms with van der Waals surface area (Å²) < 4.78 is 70.3. The highest BCUT2D eigenvalue weighted by molar-refractivity contribution is 7.86. The molecule has 0 spiro atoms. The summed E-state index contributed by atoms with van der Waals surface area (Å²) in [6.45, 7) is 0. The Hall–Kier alpha value is -3.07. The lowest BCUT2D eigenvalue weighted by Gasteiger charge is -2.28. The number of amides is 1. The van der Waals surface area contributed by atoms with Gasteiger partial charge in [-0.05, 0) is 17.7 Å². The van der Waals surface area contributed by atoms with Crippen molar-refractivity contribution >= 4 is 38.6 Å². The Morgan fingerprint density at radius 2 is 1.35 bits per heavy atom. The summed E-state index contributed by atoms with van der Waals surface area (Å²) in [6, 6.07) is 2.09. The zero-order valence-corrected chi connectivity index (χ0v) is 18.8. The minimum atomic E-state index is -4.12. The van der Waals surface area contributed by atoms with E-state index in [-0.39, 0.29) is 12.0 Å². The Morgan fingerprint density at radius 3 is 1.65 bits per heavy atom. The Kier molecular flexibility index (Phi) is 8.23. The van der Waals surface area contributed by atoms with Crippen LogP contribution in [0.25, 0.3) is 0 Å². The van der Waals surface area contributed by atoms with Gasteiger partial charge in [-0.3, -0.25) is 4.79 Å². The van der Waals surface area contributed by atoms with Crippen LogP contribution in [0.15, 0.2) is 12.1 Å². The second kappa shape index (κ2) is 9.82. The molecule has 0 fully saturated rings. The highest BCUT2D eigenvalue weighted by atomic mass is 32.2. The van der Waals surface area contributed by atoms with E-state index in [0.29, 0.717) is 0 Å². The van der Waals surface area contributed by atoms with Gasteiger partial charge in [-0.25, -0.2) is 9.59 Å². The van der Waals surface area contributed by atoms with E-state index in [4.69, 9.17) is 13.1 Å². The molecule has 0 heterocycles. The monoisotopic (exact) mass is 483 g/mol. The van der Waals surface area contributed by atoms with Crippen molar-refractivity contribution in [2.45, 2.75) is 12.0 Å². The van der Waals surface area contributed by atoms with E-state index in [1.807, 2.05) is 5.32 Å². The minimum absolute atomic E-state index is 0.0548. The standard InChI is InChI=1S/C16H21NO12S2/c1-25-13-11(28-30(4,21)22)6-10(7-12(13)29-31(5,23)24)8-16(17-9-18,14(19)26-2)15(20)27-3/h6-7,9H,8H2,1-5H3,(H,17,18). The van der Waals surface area contributed by atoms with Crippen LogP contribution in [-0.2, 0) is 50.5 Å². The van der Waals surface area contributed by atoms with Gasteiger partial charge in [0, 0.05) is 6.42 Å². The van der Waals surface area contributed by atoms with Crippen LogP contribution in [0.5, 0.6) is 17.2 Å². The third-order valence-electron chi connectivity index (χ3n) is 3.61. The van der Waals surface area contributed by atoms with Gasteiger partial charge in [-0.2, -0.15) is 16.8 Å². The fourth-order valence-corrected chi connectivity index (χ4v) is 3.44. The normalized spacial score (nSPS) is 11.8. The number of ether oxygens (including phenoxy) is 3. The number of carbonyl (C=O) groups excluding carboxylic acids is 3. The maximum Gasteiger partial charge on any atom is 0.343 e.